The van der Waals surface area contributed by atoms with Crippen LogP contribution in [-0.2, 0) is 6.42 Å². The van der Waals surface area contributed by atoms with Crippen molar-refractivity contribution >= 4 is 0 Å². The molecule has 1 fully saturated rings. The third kappa shape index (κ3) is 2.77. The molecule has 1 aromatic rings. The predicted octanol–water partition coefficient (Wildman–Crippen LogP) is 4.14. The summed E-state index contributed by atoms with van der Waals surface area (Å²) in [5, 5.41) is 0. The van der Waals surface area contributed by atoms with Crippen molar-refractivity contribution in [3.05, 3.63) is 34.9 Å². The van der Waals surface area contributed by atoms with Gasteiger partial charge in [0.05, 0.1) is 0 Å². The second-order valence-corrected chi connectivity index (χ2v) is 6.19. The second-order valence-electron chi connectivity index (χ2n) is 6.19. The Bertz CT molecular complexity index is 410. The SMILES string of the molecule is CCC1CCCCC1(N)Cc1cc(C)ccc1C. The van der Waals surface area contributed by atoms with Crippen molar-refractivity contribution in [2.24, 2.45) is 11.7 Å². The molecule has 1 aliphatic rings. The van der Waals surface area contributed by atoms with E-state index in [1.165, 1.54) is 48.8 Å². The van der Waals surface area contributed by atoms with Gasteiger partial charge in [0.25, 0.3) is 0 Å². The van der Waals surface area contributed by atoms with Crippen LogP contribution in [0.2, 0.25) is 0 Å². The molecule has 2 rings (SSSR count). The van der Waals surface area contributed by atoms with E-state index in [-0.39, 0.29) is 5.54 Å². The fourth-order valence-corrected chi connectivity index (χ4v) is 3.53. The molecule has 2 unspecified atom stereocenters. The summed E-state index contributed by atoms with van der Waals surface area (Å²) in [5.74, 6) is 0.700. The van der Waals surface area contributed by atoms with Crippen molar-refractivity contribution in [1.82, 2.24) is 0 Å². The standard InChI is InChI=1S/C17H27N/c1-4-16-7-5-6-10-17(16,18)12-15-11-13(2)8-9-14(15)3/h8-9,11,16H,4-7,10,12,18H2,1-3H3. The van der Waals surface area contributed by atoms with E-state index in [4.69, 9.17) is 5.73 Å². The maximum atomic E-state index is 6.76. The lowest BCUT2D eigenvalue weighted by Gasteiger charge is -2.41. The number of benzene rings is 1. The van der Waals surface area contributed by atoms with Crippen LogP contribution in [-0.4, -0.2) is 5.54 Å². The van der Waals surface area contributed by atoms with Crippen molar-refractivity contribution in [2.45, 2.75) is 64.8 Å². The van der Waals surface area contributed by atoms with Crippen molar-refractivity contribution in [3.8, 4) is 0 Å². The summed E-state index contributed by atoms with van der Waals surface area (Å²) >= 11 is 0. The smallest absolute Gasteiger partial charge is 0.0223 e. The highest BCUT2D eigenvalue weighted by Crippen LogP contribution is 2.37. The minimum Gasteiger partial charge on any atom is -0.325 e. The molecule has 0 heterocycles. The Morgan fingerprint density at radius 3 is 2.78 bits per heavy atom. The summed E-state index contributed by atoms with van der Waals surface area (Å²) in [6, 6.07) is 6.75. The van der Waals surface area contributed by atoms with Gasteiger partial charge in [0, 0.05) is 5.54 Å². The van der Waals surface area contributed by atoms with E-state index < -0.39 is 0 Å². The van der Waals surface area contributed by atoms with Crippen LogP contribution in [0, 0.1) is 19.8 Å². The monoisotopic (exact) mass is 245 g/mol. The Labute approximate surface area is 112 Å². The Morgan fingerprint density at radius 1 is 1.28 bits per heavy atom. The van der Waals surface area contributed by atoms with E-state index in [2.05, 4.69) is 39.0 Å². The lowest BCUT2D eigenvalue weighted by Crippen LogP contribution is -2.51. The first-order chi connectivity index (χ1) is 8.55. The van der Waals surface area contributed by atoms with Crippen LogP contribution in [0.3, 0.4) is 0 Å². The molecule has 1 heteroatoms. The first kappa shape index (κ1) is 13.6. The van der Waals surface area contributed by atoms with Gasteiger partial charge in [0.15, 0.2) is 0 Å². The zero-order valence-electron chi connectivity index (χ0n) is 12.1. The molecule has 1 nitrogen and oxygen atoms in total. The molecule has 0 radical (unpaired) electrons. The van der Waals surface area contributed by atoms with E-state index >= 15 is 0 Å². The zero-order valence-corrected chi connectivity index (χ0v) is 12.1. The summed E-state index contributed by atoms with van der Waals surface area (Å²) in [6.07, 6.45) is 7.46. The average molecular weight is 245 g/mol. The first-order valence-electron chi connectivity index (χ1n) is 7.40. The maximum absolute atomic E-state index is 6.76. The number of aryl methyl sites for hydroxylation is 2. The Kier molecular flexibility index (Phi) is 4.11. The molecule has 2 atom stereocenters. The summed E-state index contributed by atoms with van der Waals surface area (Å²) in [5.41, 5.74) is 11.0. The van der Waals surface area contributed by atoms with Crippen molar-refractivity contribution < 1.29 is 0 Å². The third-order valence-electron chi connectivity index (χ3n) is 4.77. The number of hydrogen-bond donors (Lipinski definition) is 1. The molecule has 100 valence electrons. The highest BCUT2D eigenvalue weighted by Gasteiger charge is 2.36. The molecule has 0 bridgehead atoms. The molecular formula is C17H27N. The van der Waals surface area contributed by atoms with Crippen LogP contribution in [0.25, 0.3) is 0 Å². The maximum Gasteiger partial charge on any atom is 0.0223 e. The summed E-state index contributed by atoms with van der Waals surface area (Å²) in [7, 11) is 0. The molecular weight excluding hydrogens is 218 g/mol. The number of rotatable bonds is 3. The third-order valence-corrected chi connectivity index (χ3v) is 4.77. The Balaban J connectivity index is 2.22. The summed E-state index contributed by atoms with van der Waals surface area (Å²) in [4.78, 5) is 0. The van der Waals surface area contributed by atoms with Gasteiger partial charge in [-0.05, 0) is 50.2 Å². The van der Waals surface area contributed by atoms with Gasteiger partial charge in [-0.15, -0.1) is 0 Å². The highest BCUT2D eigenvalue weighted by molar-refractivity contribution is 5.32. The highest BCUT2D eigenvalue weighted by atomic mass is 14.8. The van der Waals surface area contributed by atoms with Crippen molar-refractivity contribution in [3.63, 3.8) is 0 Å². The second kappa shape index (κ2) is 5.44. The van der Waals surface area contributed by atoms with E-state index in [0.717, 1.165) is 6.42 Å². The fraction of sp³-hybridized carbons (Fsp3) is 0.647. The molecule has 18 heavy (non-hydrogen) atoms. The molecule has 0 saturated heterocycles. The quantitative estimate of drug-likeness (QED) is 0.851. The van der Waals surface area contributed by atoms with Gasteiger partial charge in [-0.25, -0.2) is 0 Å². The van der Waals surface area contributed by atoms with E-state index in [1.807, 2.05) is 0 Å². The molecule has 1 aliphatic carbocycles. The van der Waals surface area contributed by atoms with Crippen LogP contribution in [0.1, 0.15) is 55.7 Å². The lowest BCUT2D eigenvalue weighted by molar-refractivity contribution is 0.182. The Hall–Kier alpha value is -0.820. The van der Waals surface area contributed by atoms with Crippen LogP contribution in [0.15, 0.2) is 18.2 Å². The molecule has 0 aromatic heterocycles. The first-order valence-corrected chi connectivity index (χ1v) is 7.40. The summed E-state index contributed by atoms with van der Waals surface area (Å²) in [6.45, 7) is 6.67. The van der Waals surface area contributed by atoms with Crippen molar-refractivity contribution in [2.75, 3.05) is 0 Å². The minimum atomic E-state index is 0.0333. The molecule has 1 aromatic carbocycles. The van der Waals surface area contributed by atoms with Gasteiger partial charge in [-0.3, -0.25) is 0 Å². The topological polar surface area (TPSA) is 26.0 Å². The van der Waals surface area contributed by atoms with Crippen molar-refractivity contribution in [1.29, 1.82) is 0 Å². The van der Waals surface area contributed by atoms with Gasteiger partial charge in [-0.2, -0.15) is 0 Å². The van der Waals surface area contributed by atoms with E-state index in [1.54, 1.807) is 0 Å². The van der Waals surface area contributed by atoms with Gasteiger partial charge in [-0.1, -0.05) is 49.9 Å². The average Bonchev–Trinajstić information content (AvgIpc) is 2.34. The largest absolute Gasteiger partial charge is 0.325 e. The normalized spacial score (nSPS) is 28.3. The number of nitrogens with two attached hydrogens (primary N) is 1. The Morgan fingerprint density at radius 2 is 2.06 bits per heavy atom. The summed E-state index contributed by atoms with van der Waals surface area (Å²) < 4.78 is 0. The zero-order chi connectivity index (χ0) is 13.2. The lowest BCUT2D eigenvalue weighted by atomic mass is 9.69. The molecule has 0 spiro atoms. The minimum absolute atomic E-state index is 0.0333. The molecule has 1 saturated carbocycles. The molecule has 0 amide bonds. The van der Waals surface area contributed by atoms with Gasteiger partial charge in [0.2, 0.25) is 0 Å². The predicted molar refractivity (Wildman–Crippen MR) is 78.8 cm³/mol. The van der Waals surface area contributed by atoms with Crippen LogP contribution in [0.5, 0.6) is 0 Å². The van der Waals surface area contributed by atoms with Gasteiger partial charge >= 0.3 is 0 Å². The van der Waals surface area contributed by atoms with Crippen LogP contribution in [0.4, 0.5) is 0 Å². The van der Waals surface area contributed by atoms with E-state index in [0.29, 0.717) is 5.92 Å². The van der Waals surface area contributed by atoms with Gasteiger partial charge < -0.3 is 5.73 Å². The molecule has 0 aliphatic heterocycles. The van der Waals surface area contributed by atoms with E-state index in [9.17, 15) is 0 Å². The fourth-order valence-electron chi connectivity index (χ4n) is 3.53. The molecule has 2 N–H and O–H groups in total. The number of hydrogen-bond acceptors (Lipinski definition) is 1. The van der Waals surface area contributed by atoms with Crippen LogP contribution >= 0.6 is 0 Å². The van der Waals surface area contributed by atoms with Crippen LogP contribution < -0.4 is 5.73 Å². The van der Waals surface area contributed by atoms with Gasteiger partial charge in [0.1, 0.15) is 0 Å².